The van der Waals surface area contributed by atoms with Crippen molar-refractivity contribution in [3.05, 3.63) is 29.8 Å². The second kappa shape index (κ2) is 8.92. The molecule has 2 heterocycles. The molecule has 1 aromatic rings. The summed E-state index contributed by atoms with van der Waals surface area (Å²) < 4.78 is 0. The number of likely N-dealkylation sites (tertiary alicyclic amines) is 1. The van der Waals surface area contributed by atoms with E-state index in [4.69, 9.17) is 0 Å². The van der Waals surface area contributed by atoms with Crippen molar-refractivity contribution < 1.29 is 19.8 Å². The molecule has 2 amide bonds. The maximum Gasteiger partial charge on any atom is 0.258 e. The Bertz CT molecular complexity index is 709. The molecule has 2 aliphatic rings. The van der Waals surface area contributed by atoms with E-state index in [0.29, 0.717) is 32.6 Å². The highest BCUT2D eigenvalue weighted by Gasteiger charge is 2.39. The van der Waals surface area contributed by atoms with E-state index in [1.54, 1.807) is 30.0 Å². The number of phenolic OH excluding ortho intramolecular Hbond substituents is 1. The first-order valence-corrected chi connectivity index (χ1v) is 10.2. The van der Waals surface area contributed by atoms with Crippen molar-refractivity contribution in [3.8, 4) is 5.75 Å². The van der Waals surface area contributed by atoms with E-state index >= 15 is 0 Å². The number of phenols is 1. The summed E-state index contributed by atoms with van der Waals surface area (Å²) in [6.07, 6.45) is 1.96. The van der Waals surface area contributed by atoms with Crippen LogP contribution in [0.15, 0.2) is 24.3 Å². The fourth-order valence-corrected chi connectivity index (χ4v) is 4.35. The highest BCUT2D eigenvalue weighted by molar-refractivity contribution is 5.99. The Labute approximate surface area is 166 Å². The van der Waals surface area contributed by atoms with Crippen molar-refractivity contribution >= 4 is 11.8 Å². The summed E-state index contributed by atoms with van der Waals surface area (Å²) in [7, 11) is 0. The highest BCUT2D eigenvalue weighted by atomic mass is 16.3. The van der Waals surface area contributed by atoms with Gasteiger partial charge in [0, 0.05) is 38.8 Å². The molecule has 2 fully saturated rings. The molecule has 1 aromatic carbocycles. The van der Waals surface area contributed by atoms with Crippen LogP contribution in [-0.4, -0.2) is 87.6 Å². The van der Waals surface area contributed by atoms with E-state index in [-0.39, 0.29) is 29.2 Å². The zero-order valence-electron chi connectivity index (χ0n) is 16.8. The van der Waals surface area contributed by atoms with Crippen LogP contribution in [0.3, 0.4) is 0 Å². The molecular weight excluding hydrogens is 358 g/mol. The predicted molar refractivity (Wildman–Crippen MR) is 106 cm³/mol. The van der Waals surface area contributed by atoms with Gasteiger partial charge in [-0.15, -0.1) is 0 Å². The number of amides is 2. The molecule has 2 N–H and O–H groups in total. The number of aliphatic hydroxyl groups is 1. The molecule has 0 saturated carbocycles. The van der Waals surface area contributed by atoms with Gasteiger partial charge in [-0.2, -0.15) is 0 Å². The molecule has 2 aliphatic heterocycles. The predicted octanol–water partition coefficient (Wildman–Crippen LogP) is 1.30. The lowest BCUT2D eigenvalue weighted by atomic mass is 10.1. The zero-order valence-corrected chi connectivity index (χ0v) is 16.8. The average molecular weight is 389 g/mol. The number of para-hydroxylation sites is 1. The Balaban J connectivity index is 1.69. The first-order chi connectivity index (χ1) is 13.4. The van der Waals surface area contributed by atoms with Crippen LogP contribution in [0.25, 0.3) is 0 Å². The summed E-state index contributed by atoms with van der Waals surface area (Å²) in [5.41, 5.74) is 0.246. The third-order valence-electron chi connectivity index (χ3n) is 5.82. The second-order valence-corrected chi connectivity index (χ2v) is 7.86. The normalized spacial score (nSPS) is 24.4. The molecule has 7 heteroatoms. The minimum absolute atomic E-state index is 0.00332. The van der Waals surface area contributed by atoms with Gasteiger partial charge in [0.2, 0.25) is 5.91 Å². The smallest absolute Gasteiger partial charge is 0.258 e. The molecule has 3 atom stereocenters. The van der Waals surface area contributed by atoms with Crippen LogP contribution in [0.1, 0.15) is 43.5 Å². The van der Waals surface area contributed by atoms with Gasteiger partial charge >= 0.3 is 0 Å². The Hall–Kier alpha value is -2.12. The van der Waals surface area contributed by atoms with E-state index in [1.165, 1.54) is 6.07 Å². The SMILES string of the molecule is CCC1CN(C(=O)C2CCCN2C(=O)c2ccccc2O)CCN1CC(C)O. The van der Waals surface area contributed by atoms with Crippen molar-refractivity contribution in [2.45, 2.75) is 51.3 Å². The Morgan fingerprint density at radius 1 is 1.21 bits per heavy atom. The van der Waals surface area contributed by atoms with Crippen LogP contribution in [0, 0.1) is 0 Å². The molecule has 154 valence electrons. The molecule has 2 saturated heterocycles. The minimum Gasteiger partial charge on any atom is -0.507 e. The van der Waals surface area contributed by atoms with Gasteiger partial charge < -0.3 is 20.0 Å². The van der Waals surface area contributed by atoms with Crippen molar-refractivity contribution in [3.63, 3.8) is 0 Å². The third kappa shape index (κ3) is 4.31. The molecular formula is C21H31N3O4. The number of β-amino-alcohol motifs (C(OH)–C–C–N with tert-alkyl or cyclic N) is 1. The second-order valence-electron chi connectivity index (χ2n) is 7.86. The summed E-state index contributed by atoms with van der Waals surface area (Å²) in [6, 6.07) is 6.24. The van der Waals surface area contributed by atoms with Crippen molar-refractivity contribution in [1.29, 1.82) is 0 Å². The fourth-order valence-electron chi connectivity index (χ4n) is 4.35. The lowest BCUT2D eigenvalue weighted by Crippen LogP contribution is -2.58. The largest absolute Gasteiger partial charge is 0.507 e. The molecule has 0 aliphatic carbocycles. The Kier molecular flexibility index (Phi) is 6.57. The number of hydrogen-bond donors (Lipinski definition) is 2. The number of aliphatic hydroxyl groups excluding tert-OH is 1. The minimum atomic E-state index is -0.465. The molecule has 7 nitrogen and oxygen atoms in total. The Morgan fingerprint density at radius 3 is 2.64 bits per heavy atom. The van der Waals surface area contributed by atoms with Crippen LogP contribution in [-0.2, 0) is 4.79 Å². The average Bonchev–Trinajstić information content (AvgIpc) is 3.17. The molecule has 0 radical (unpaired) electrons. The highest BCUT2D eigenvalue weighted by Crippen LogP contribution is 2.26. The molecule has 0 spiro atoms. The summed E-state index contributed by atoms with van der Waals surface area (Å²) in [4.78, 5) is 31.9. The topological polar surface area (TPSA) is 84.3 Å². The standard InChI is InChI=1S/C21H31N3O4/c1-3-16-14-23(12-11-22(16)13-15(2)25)21(28)18-8-6-10-24(18)20(27)17-7-4-5-9-19(17)26/h4-5,7,9,15-16,18,25-26H,3,6,8,10-14H2,1-2H3. The number of rotatable bonds is 5. The summed E-state index contributed by atoms with van der Waals surface area (Å²) >= 11 is 0. The zero-order chi connectivity index (χ0) is 20.3. The summed E-state index contributed by atoms with van der Waals surface area (Å²) in [6.45, 7) is 6.98. The number of carbonyl (C=O) groups is 2. The maximum atomic E-state index is 13.2. The molecule has 3 unspecified atom stereocenters. The van der Waals surface area contributed by atoms with E-state index < -0.39 is 12.1 Å². The van der Waals surface area contributed by atoms with Crippen LogP contribution < -0.4 is 0 Å². The first kappa shape index (κ1) is 20.6. The summed E-state index contributed by atoms with van der Waals surface area (Å²) in [5.74, 6) is -0.339. The molecule has 28 heavy (non-hydrogen) atoms. The van der Waals surface area contributed by atoms with Crippen molar-refractivity contribution in [2.75, 3.05) is 32.7 Å². The monoisotopic (exact) mass is 389 g/mol. The van der Waals surface area contributed by atoms with Crippen LogP contribution in [0.2, 0.25) is 0 Å². The molecule has 3 rings (SSSR count). The molecule has 0 bridgehead atoms. The van der Waals surface area contributed by atoms with Crippen LogP contribution in [0.5, 0.6) is 5.75 Å². The number of piperazine rings is 1. The van der Waals surface area contributed by atoms with E-state index in [1.807, 2.05) is 4.90 Å². The number of hydrogen-bond acceptors (Lipinski definition) is 5. The lowest BCUT2D eigenvalue weighted by Gasteiger charge is -2.43. The maximum absolute atomic E-state index is 13.2. The molecule has 0 aromatic heterocycles. The van der Waals surface area contributed by atoms with Gasteiger partial charge in [-0.3, -0.25) is 14.5 Å². The van der Waals surface area contributed by atoms with Gasteiger partial charge in [0.1, 0.15) is 11.8 Å². The van der Waals surface area contributed by atoms with E-state index in [2.05, 4.69) is 11.8 Å². The Morgan fingerprint density at radius 2 is 1.96 bits per heavy atom. The van der Waals surface area contributed by atoms with E-state index in [9.17, 15) is 19.8 Å². The van der Waals surface area contributed by atoms with Crippen molar-refractivity contribution in [2.24, 2.45) is 0 Å². The number of benzene rings is 1. The van der Waals surface area contributed by atoms with Gasteiger partial charge in [-0.05, 0) is 38.3 Å². The fraction of sp³-hybridized carbons (Fsp3) is 0.619. The van der Waals surface area contributed by atoms with Gasteiger partial charge in [-0.25, -0.2) is 0 Å². The number of nitrogens with zero attached hydrogens (tertiary/aromatic N) is 3. The van der Waals surface area contributed by atoms with Gasteiger partial charge in [0.15, 0.2) is 0 Å². The van der Waals surface area contributed by atoms with Gasteiger partial charge in [-0.1, -0.05) is 19.1 Å². The number of aromatic hydroxyl groups is 1. The van der Waals surface area contributed by atoms with Crippen LogP contribution in [0.4, 0.5) is 0 Å². The van der Waals surface area contributed by atoms with Gasteiger partial charge in [0.25, 0.3) is 5.91 Å². The third-order valence-corrected chi connectivity index (χ3v) is 5.82. The van der Waals surface area contributed by atoms with Gasteiger partial charge in [0.05, 0.1) is 11.7 Å². The summed E-state index contributed by atoms with van der Waals surface area (Å²) in [5, 5.41) is 19.7. The quantitative estimate of drug-likeness (QED) is 0.793. The lowest BCUT2D eigenvalue weighted by molar-refractivity contribution is -0.138. The van der Waals surface area contributed by atoms with E-state index in [0.717, 1.165) is 19.4 Å². The first-order valence-electron chi connectivity index (χ1n) is 10.2. The van der Waals surface area contributed by atoms with Crippen LogP contribution >= 0.6 is 0 Å². The van der Waals surface area contributed by atoms with Crippen molar-refractivity contribution in [1.82, 2.24) is 14.7 Å². The number of carbonyl (C=O) groups excluding carboxylic acids is 2.